The first-order valence-electron chi connectivity index (χ1n) is 9.30. The van der Waals surface area contributed by atoms with E-state index < -0.39 is 22.5 Å². The van der Waals surface area contributed by atoms with Crippen molar-refractivity contribution in [3.8, 4) is 0 Å². The molecule has 9 nitrogen and oxygen atoms in total. The number of para-hydroxylation sites is 2. The third kappa shape index (κ3) is 2.11. The van der Waals surface area contributed by atoms with Crippen LogP contribution in [0.2, 0.25) is 0 Å². The van der Waals surface area contributed by atoms with E-state index in [-0.39, 0.29) is 0 Å². The quantitative estimate of drug-likeness (QED) is 0.585. The van der Waals surface area contributed by atoms with Crippen LogP contribution in [-0.2, 0) is 0 Å². The Hall–Kier alpha value is -0.650. The van der Waals surface area contributed by atoms with Gasteiger partial charge in [0.2, 0.25) is 15.0 Å². The Morgan fingerprint density at radius 2 is 1.04 bits per heavy atom. The highest BCUT2D eigenvalue weighted by molar-refractivity contribution is 7.86. The molecule has 0 bridgehead atoms. The van der Waals surface area contributed by atoms with Crippen LogP contribution in [0, 0.1) is 0 Å². The Kier molecular flexibility index (Phi) is 2.85. The molecule has 0 radical (unpaired) electrons. The smallest absolute Gasteiger partial charge is 0.267 e. The van der Waals surface area contributed by atoms with Crippen molar-refractivity contribution in [1.82, 2.24) is 18.7 Å². The van der Waals surface area contributed by atoms with Gasteiger partial charge in [0.25, 0.3) is 7.51 Å². The van der Waals surface area contributed by atoms with Gasteiger partial charge in [-0.2, -0.15) is 13.5 Å². The van der Waals surface area contributed by atoms with E-state index in [2.05, 4.69) is 53.1 Å². The highest BCUT2D eigenvalue weighted by atomic mass is 31.3. The SMILES string of the molecule is c1ccc2c(c1)NP1(=NP(N3CC3)(N3CC3)=NP(N3CC3)(N3CC3)=N1)N2. The van der Waals surface area contributed by atoms with Crippen molar-refractivity contribution in [2.75, 3.05) is 62.5 Å². The van der Waals surface area contributed by atoms with Crippen LogP contribution >= 0.6 is 22.5 Å². The summed E-state index contributed by atoms with van der Waals surface area (Å²) in [6.07, 6.45) is 0. The van der Waals surface area contributed by atoms with E-state index in [0.717, 1.165) is 63.7 Å². The third-order valence-electron chi connectivity index (χ3n) is 5.43. The molecule has 0 atom stereocenters. The lowest BCUT2D eigenvalue weighted by molar-refractivity contribution is 0.754. The molecule has 7 rings (SSSR count). The number of hydrogen-bond donors (Lipinski definition) is 2. The van der Waals surface area contributed by atoms with Gasteiger partial charge in [0.15, 0.2) is 0 Å². The molecule has 12 heteroatoms. The Bertz CT molecular complexity index is 899. The van der Waals surface area contributed by atoms with E-state index in [0.29, 0.717) is 0 Å². The van der Waals surface area contributed by atoms with Crippen LogP contribution in [0.3, 0.4) is 0 Å². The fraction of sp³-hybridized carbons (Fsp3) is 0.571. The van der Waals surface area contributed by atoms with E-state index >= 15 is 0 Å². The average molecular weight is 409 g/mol. The van der Waals surface area contributed by atoms with Crippen molar-refractivity contribution in [3.63, 3.8) is 0 Å². The topological polar surface area (TPSA) is 73.2 Å². The summed E-state index contributed by atoms with van der Waals surface area (Å²) >= 11 is 0. The molecule has 4 saturated heterocycles. The maximum absolute atomic E-state index is 5.61. The predicted molar refractivity (Wildman–Crippen MR) is 108 cm³/mol. The van der Waals surface area contributed by atoms with Crippen molar-refractivity contribution in [3.05, 3.63) is 24.3 Å². The van der Waals surface area contributed by atoms with E-state index in [4.69, 9.17) is 13.5 Å². The zero-order valence-electron chi connectivity index (χ0n) is 14.4. The first kappa shape index (κ1) is 15.3. The van der Waals surface area contributed by atoms with Crippen molar-refractivity contribution < 1.29 is 0 Å². The number of hydrogen-bond acceptors (Lipinski definition) is 9. The lowest BCUT2D eigenvalue weighted by atomic mass is 10.3. The molecule has 0 aromatic heterocycles. The maximum Gasteiger partial charge on any atom is 0.267 e. The molecule has 1 aromatic carbocycles. The van der Waals surface area contributed by atoms with Crippen molar-refractivity contribution in [2.24, 2.45) is 13.5 Å². The zero-order valence-corrected chi connectivity index (χ0v) is 17.1. The van der Waals surface area contributed by atoms with Crippen LogP contribution in [0.4, 0.5) is 11.4 Å². The lowest BCUT2D eigenvalue weighted by Gasteiger charge is -2.36. The maximum atomic E-state index is 5.61. The summed E-state index contributed by atoms with van der Waals surface area (Å²) in [5, 5.41) is 7.49. The monoisotopic (exact) mass is 409 g/mol. The van der Waals surface area contributed by atoms with Gasteiger partial charge in [-0.1, -0.05) is 12.1 Å². The highest BCUT2D eigenvalue weighted by Crippen LogP contribution is 2.85. The number of nitrogens with zero attached hydrogens (tertiary/aromatic N) is 7. The van der Waals surface area contributed by atoms with Crippen molar-refractivity contribution >= 4 is 33.9 Å². The van der Waals surface area contributed by atoms with Gasteiger partial charge in [-0.15, -0.1) is 0 Å². The second-order valence-corrected chi connectivity index (χ2v) is 15.7. The van der Waals surface area contributed by atoms with E-state index in [9.17, 15) is 0 Å². The first-order chi connectivity index (χ1) is 12.7. The summed E-state index contributed by atoms with van der Waals surface area (Å²) in [6.45, 7) is 9.03. The van der Waals surface area contributed by atoms with Crippen molar-refractivity contribution in [2.45, 2.75) is 0 Å². The number of rotatable bonds is 4. The summed E-state index contributed by atoms with van der Waals surface area (Å²) in [5.74, 6) is 0. The largest absolute Gasteiger partial charge is 0.317 e. The minimum atomic E-state index is -2.23. The normalized spacial score (nSPS) is 32.5. The van der Waals surface area contributed by atoms with Crippen LogP contribution in [0.1, 0.15) is 0 Å². The minimum Gasteiger partial charge on any atom is -0.317 e. The predicted octanol–water partition coefficient (Wildman–Crippen LogP) is 3.64. The Morgan fingerprint density at radius 3 is 1.46 bits per heavy atom. The van der Waals surface area contributed by atoms with Gasteiger partial charge in [0, 0.05) is 52.4 Å². The number of fused-ring (bicyclic) bond motifs is 1. The second kappa shape index (κ2) is 4.84. The van der Waals surface area contributed by atoms with E-state index in [1.165, 1.54) is 0 Å². The fourth-order valence-corrected chi connectivity index (χ4v) is 17.9. The molecular formula is C14H22N9P3. The van der Waals surface area contributed by atoms with E-state index in [1.54, 1.807) is 0 Å². The molecule has 0 amide bonds. The second-order valence-electron chi connectivity index (χ2n) is 7.53. The first-order valence-corrected chi connectivity index (χ1v) is 14.2. The summed E-state index contributed by atoms with van der Waals surface area (Å²) in [6, 6.07) is 8.44. The highest BCUT2D eigenvalue weighted by Gasteiger charge is 2.57. The number of nitrogens with one attached hydrogen (secondary N) is 2. The molecule has 4 fully saturated rings. The lowest BCUT2D eigenvalue weighted by Crippen LogP contribution is -2.12. The minimum absolute atomic E-state index is 1.13. The molecule has 138 valence electrons. The average Bonchev–Trinajstić information content (AvgIpc) is 3.47. The molecule has 1 spiro atoms. The number of benzene rings is 1. The Labute approximate surface area is 153 Å². The number of anilines is 2. The Morgan fingerprint density at radius 1 is 0.615 bits per heavy atom. The summed E-state index contributed by atoms with van der Waals surface area (Å²) in [7, 11) is -6.21. The van der Waals surface area contributed by atoms with Crippen LogP contribution in [0.15, 0.2) is 37.8 Å². The molecule has 0 saturated carbocycles. The standard InChI is InChI=1S/C14H22N9P3/c1-2-4-14-13(3-1)15-24(16-14)17-25(20-5-6-20,21-7-8-21)19-26(18-24,22-9-10-22)23-11-12-23/h1-4,15-16H,5-12H2. The van der Waals surface area contributed by atoms with Gasteiger partial charge >= 0.3 is 0 Å². The van der Waals surface area contributed by atoms with Gasteiger partial charge in [-0.05, 0) is 12.1 Å². The molecule has 2 N–H and O–H groups in total. The van der Waals surface area contributed by atoms with Gasteiger partial charge in [-0.3, -0.25) is 0 Å². The van der Waals surface area contributed by atoms with Crippen LogP contribution < -0.4 is 10.2 Å². The zero-order chi connectivity index (χ0) is 17.0. The van der Waals surface area contributed by atoms with Gasteiger partial charge in [0.1, 0.15) is 0 Å². The molecule has 1 aromatic rings. The molecule has 6 heterocycles. The summed E-state index contributed by atoms with van der Waals surface area (Å²) in [4.78, 5) is 0. The molecule has 6 aliphatic heterocycles. The molecule has 26 heavy (non-hydrogen) atoms. The molecule has 6 aliphatic rings. The van der Waals surface area contributed by atoms with Gasteiger partial charge < -0.3 is 10.2 Å². The fourth-order valence-electron chi connectivity index (χ4n) is 3.76. The van der Waals surface area contributed by atoms with E-state index in [1.807, 2.05) is 0 Å². The molecule has 0 unspecified atom stereocenters. The van der Waals surface area contributed by atoms with Crippen molar-refractivity contribution in [1.29, 1.82) is 0 Å². The third-order valence-corrected chi connectivity index (χ3v) is 17.1. The van der Waals surface area contributed by atoms with Gasteiger partial charge in [-0.25, -0.2) is 18.7 Å². The summed E-state index contributed by atoms with van der Waals surface area (Å²) in [5.41, 5.74) is 2.28. The van der Waals surface area contributed by atoms with Crippen LogP contribution in [-0.4, -0.2) is 71.0 Å². The molecular weight excluding hydrogens is 387 g/mol. The van der Waals surface area contributed by atoms with Gasteiger partial charge in [0.05, 0.1) is 11.4 Å². The van der Waals surface area contributed by atoms with Crippen LogP contribution in [0.5, 0.6) is 0 Å². The molecule has 0 aliphatic carbocycles. The Balaban J connectivity index is 1.51. The summed E-state index contributed by atoms with van der Waals surface area (Å²) < 4.78 is 26.7. The van der Waals surface area contributed by atoms with Crippen LogP contribution in [0.25, 0.3) is 0 Å².